The van der Waals surface area contributed by atoms with Gasteiger partial charge < -0.3 is 9.84 Å². The van der Waals surface area contributed by atoms with E-state index in [-0.39, 0.29) is 6.61 Å². The Bertz CT molecular complexity index is 420. The second-order valence-electron chi connectivity index (χ2n) is 2.80. The van der Waals surface area contributed by atoms with Crippen LogP contribution in [0.1, 0.15) is 5.56 Å². The predicted octanol–water partition coefficient (Wildman–Crippen LogP) is 2.40. The molecule has 0 aliphatic rings. The third-order valence-corrected chi connectivity index (χ3v) is 2.92. The summed E-state index contributed by atoms with van der Waals surface area (Å²) in [5.74, 6) is 0.844. The molecule has 3 heteroatoms. The van der Waals surface area contributed by atoms with Gasteiger partial charge in [-0.05, 0) is 34.5 Å². The van der Waals surface area contributed by atoms with E-state index in [2.05, 4.69) is 0 Å². The molecule has 68 valence electrons. The van der Waals surface area contributed by atoms with E-state index in [1.165, 1.54) is 0 Å². The van der Waals surface area contributed by atoms with Crippen LogP contribution in [0.25, 0.3) is 10.1 Å². The fourth-order valence-corrected chi connectivity index (χ4v) is 2.22. The number of hydrogen-bond donors (Lipinski definition) is 1. The molecule has 0 aliphatic heterocycles. The first-order valence-corrected chi connectivity index (χ1v) is 4.88. The molecule has 2 rings (SSSR count). The van der Waals surface area contributed by atoms with Crippen LogP contribution in [0.5, 0.6) is 5.75 Å². The van der Waals surface area contributed by atoms with Crippen LogP contribution >= 0.6 is 11.3 Å². The maximum Gasteiger partial charge on any atom is 0.137 e. The Morgan fingerprint density at radius 1 is 1.46 bits per heavy atom. The Morgan fingerprint density at radius 2 is 2.31 bits per heavy atom. The first-order valence-electron chi connectivity index (χ1n) is 4.00. The second kappa shape index (κ2) is 3.36. The Morgan fingerprint density at radius 3 is 3.00 bits per heavy atom. The van der Waals surface area contributed by atoms with Gasteiger partial charge in [0.05, 0.1) is 18.4 Å². The summed E-state index contributed by atoms with van der Waals surface area (Å²) >= 11 is 1.65. The first-order chi connectivity index (χ1) is 6.35. The topological polar surface area (TPSA) is 29.5 Å². The normalized spacial score (nSPS) is 10.6. The van der Waals surface area contributed by atoms with Crippen molar-refractivity contribution in [1.82, 2.24) is 0 Å². The lowest BCUT2D eigenvalue weighted by Gasteiger charge is -2.03. The smallest absolute Gasteiger partial charge is 0.137 e. The number of ether oxygens (including phenoxy) is 1. The third kappa shape index (κ3) is 1.41. The molecule has 2 nitrogen and oxygen atoms in total. The summed E-state index contributed by atoms with van der Waals surface area (Å²) in [6.07, 6.45) is 0. The standard InChI is InChI=1S/C10H10O2S/c1-12-9-5-7(6-11)4-8-2-3-13-10(8)9/h2-5,11H,6H2,1H3. The number of rotatable bonds is 2. The van der Waals surface area contributed by atoms with Gasteiger partial charge in [-0.2, -0.15) is 0 Å². The van der Waals surface area contributed by atoms with E-state index in [1.54, 1.807) is 18.4 Å². The van der Waals surface area contributed by atoms with Crippen molar-refractivity contribution < 1.29 is 9.84 Å². The van der Waals surface area contributed by atoms with Crippen LogP contribution in [0.2, 0.25) is 0 Å². The molecule has 0 bridgehead atoms. The molecule has 0 fully saturated rings. The Labute approximate surface area is 80.4 Å². The Kier molecular flexibility index (Phi) is 2.20. The number of thiophene rings is 1. The number of aliphatic hydroxyl groups excluding tert-OH is 1. The Balaban J connectivity index is 2.70. The first kappa shape index (κ1) is 8.53. The average Bonchev–Trinajstić information content (AvgIpc) is 2.63. The maximum atomic E-state index is 9.00. The van der Waals surface area contributed by atoms with Crippen molar-refractivity contribution in [3.8, 4) is 5.75 Å². The highest BCUT2D eigenvalue weighted by molar-refractivity contribution is 7.17. The SMILES string of the molecule is COc1cc(CO)cc2ccsc12. The minimum Gasteiger partial charge on any atom is -0.495 e. The number of aliphatic hydroxyl groups is 1. The molecule has 1 aromatic carbocycles. The van der Waals surface area contributed by atoms with Gasteiger partial charge in [0.2, 0.25) is 0 Å². The largest absolute Gasteiger partial charge is 0.495 e. The lowest BCUT2D eigenvalue weighted by atomic mass is 10.1. The summed E-state index contributed by atoms with van der Waals surface area (Å²) in [7, 11) is 1.65. The molecular weight excluding hydrogens is 184 g/mol. The number of benzene rings is 1. The summed E-state index contributed by atoms with van der Waals surface area (Å²) in [5.41, 5.74) is 0.891. The van der Waals surface area contributed by atoms with Crippen molar-refractivity contribution in [2.45, 2.75) is 6.61 Å². The molecule has 0 unspecified atom stereocenters. The van der Waals surface area contributed by atoms with Gasteiger partial charge in [0.1, 0.15) is 5.75 Å². The molecule has 2 aromatic rings. The molecule has 0 saturated heterocycles. The minimum absolute atomic E-state index is 0.0577. The van der Waals surface area contributed by atoms with E-state index >= 15 is 0 Å². The molecule has 0 amide bonds. The van der Waals surface area contributed by atoms with Crippen LogP contribution in [0.15, 0.2) is 23.6 Å². The van der Waals surface area contributed by atoms with Gasteiger partial charge in [0, 0.05) is 0 Å². The number of hydrogen-bond acceptors (Lipinski definition) is 3. The van der Waals surface area contributed by atoms with E-state index in [9.17, 15) is 0 Å². The molecule has 0 saturated carbocycles. The second-order valence-corrected chi connectivity index (χ2v) is 3.71. The van der Waals surface area contributed by atoms with Gasteiger partial charge in [-0.25, -0.2) is 0 Å². The van der Waals surface area contributed by atoms with E-state index in [0.29, 0.717) is 0 Å². The van der Waals surface area contributed by atoms with E-state index in [1.807, 2.05) is 23.6 Å². The van der Waals surface area contributed by atoms with Gasteiger partial charge in [-0.1, -0.05) is 0 Å². The fourth-order valence-electron chi connectivity index (χ4n) is 1.35. The van der Waals surface area contributed by atoms with Crippen LogP contribution in [-0.4, -0.2) is 12.2 Å². The Hall–Kier alpha value is -1.06. The van der Waals surface area contributed by atoms with Gasteiger partial charge in [-0.3, -0.25) is 0 Å². The zero-order valence-electron chi connectivity index (χ0n) is 7.28. The number of fused-ring (bicyclic) bond motifs is 1. The van der Waals surface area contributed by atoms with Crippen LogP contribution in [0.4, 0.5) is 0 Å². The molecule has 1 heterocycles. The van der Waals surface area contributed by atoms with Crippen LogP contribution in [0, 0.1) is 0 Å². The zero-order chi connectivity index (χ0) is 9.26. The predicted molar refractivity (Wildman–Crippen MR) is 54.3 cm³/mol. The third-order valence-electron chi connectivity index (χ3n) is 1.98. The monoisotopic (exact) mass is 194 g/mol. The van der Waals surface area contributed by atoms with Crippen molar-refractivity contribution >= 4 is 21.4 Å². The van der Waals surface area contributed by atoms with Crippen LogP contribution in [-0.2, 0) is 6.61 Å². The molecule has 0 radical (unpaired) electrons. The summed E-state index contributed by atoms with van der Waals surface area (Å²) in [6.45, 7) is 0.0577. The van der Waals surface area contributed by atoms with Gasteiger partial charge in [0.15, 0.2) is 0 Å². The molecule has 1 aromatic heterocycles. The van der Waals surface area contributed by atoms with Crippen molar-refractivity contribution in [2.24, 2.45) is 0 Å². The molecule has 0 spiro atoms. The molecule has 0 aliphatic carbocycles. The fraction of sp³-hybridized carbons (Fsp3) is 0.200. The highest BCUT2D eigenvalue weighted by atomic mass is 32.1. The highest BCUT2D eigenvalue weighted by Crippen LogP contribution is 2.31. The lowest BCUT2D eigenvalue weighted by molar-refractivity contribution is 0.281. The van der Waals surface area contributed by atoms with E-state index in [0.717, 1.165) is 21.4 Å². The highest BCUT2D eigenvalue weighted by Gasteiger charge is 2.04. The van der Waals surface area contributed by atoms with E-state index in [4.69, 9.17) is 9.84 Å². The lowest BCUT2D eigenvalue weighted by Crippen LogP contribution is -1.87. The molecule has 0 atom stereocenters. The molecule has 13 heavy (non-hydrogen) atoms. The van der Waals surface area contributed by atoms with Crippen LogP contribution in [0.3, 0.4) is 0 Å². The van der Waals surface area contributed by atoms with E-state index < -0.39 is 0 Å². The van der Waals surface area contributed by atoms with Crippen molar-refractivity contribution in [3.63, 3.8) is 0 Å². The van der Waals surface area contributed by atoms with Crippen molar-refractivity contribution in [3.05, 3.63) is 29.1 Å². The number of methoxy groups -OCH3 is 1. The zero-order valence-corrected chi connectivity index (χ0v) is 8.10. The minimum atomic E-state index is 0.0577. The van der Waals surface area contributed by atoms with Crippen molar-refractivity contribution in [1.29, 1.82) is 0 Å². The molecule has 1 N–H and O–H groups in total. The van der Waals surface area contributed by atoms with Gasteiger partial charge >= 0.3 is 0 Å². The summed E-state index contributed by atoms with van der Waals surface area (Å²) in [4.78, 5) is 0. The quantitative estimate of drug-likeness (QED) is 0.795. The van der Waals surface area contributed by atoms with Gasteiger partial charge in [-0.15, -0.1) is 11.3 Å². The summed E-state index contributed by atoms with van der Waals surface area (Å²) in [5, 5.41) is 12.2. The average molecular weight is 194 g/mol. The van der Waals surface area contributed by atoms with Crippen molar-refractivity contribution in [2.75, 3.05) is 7.11 Å². The summed E-state index contributed by atoms with van der Waals surface area (Å²) < 4.78 is 6.37. The summed E-state index contributed by atoms with van der Waals surface area (Å²) in [6, 6.07) is 5.88. The maximum absolute atomic E-state index is 9.00. The van der Waals surface area contributed by atoms with Gasteiger partial charge in [0.25, 0.3) is 0 Å². The molecular formula is C10H10O2S. The van der Waals surface area contributed by atoms with Crippen LogP contribution < -0.4 is 4.74 Å².